The van der Waals surface area contributed by atoms with E-state index in [4.69, 9.17) is 19.4 Å². The molecule has 0 bridgehead atoms. The van der Waals surface area contributed by atoms with Crippen LogP contribution in [0.25, 0.3) is 11.7 Å². The van der Waals surface area contributed by atoms with Gasteiger partial charge in [-0.15, -0.1) is 0 Å². The van der Waals surface area contributed by atoms with E-state index in [1.165, 1.54) is 6.26 Å². The lowest BCUT2D eigenvalue weighted by molar-refractivity contribution is 0.0995. The molecule has 1 aromatic carbocycles. The Bertz CT molecular complexity index is 749. The zero-order valence-corrected chi connectivity index (χ0v) is 10.9. The number of benzene rings is 1. The first-order valence-corrected chi connectivity index (χ1v) is 6.12. The van der Waals surface area contributed by atoms with Gasteiger partial charge < -0.3 is 19.4 Å². The lowest BCUT2D eigenvalue weighted by Crippen LogP contribution is -2.13. The van der Waals surface area contributed by atoms with Crippen LogP contribution in [-0.2, 0) is 6.61 Å². The van der Waals surface area contributed by atoms with Crippen molar-refractivity contribution in [3.8, 4) is 17.4 Å². The molecule has 0 aliphatic rings. The van der Waals surface area contributed by atoms with Crippen LogP contribution in [0.5, 0.6) is 5.75 Å². The van der Waals surface area contributed by atoms with Crippen molar-refractivity contribution in [2.24, 2.45) is 5.73 Å². The maximum atomic E-state index is 11.3. The third kappa shape index (κ3) is 2.76. The fourth-order valence-corrected chi connectivity index (χ4v) is 1.75. The first kappa shape index (κ1) is 12.9. The number of carbonyl (C=O) groups excluding carboxylic acids is 1. The molecule has 7 heteroatoms. The van der Waals surface area contributed by atoms with Gasteiger partial charge in [0.05, 0.1) is 11.8 Å². The van der Waals surface area contributed by atoms with Crippen LogP contribution in [0.3, 0.4) is 0 Å². The van der Waals surface area contributed by atoms with Crippen molar-refractivity contribution in [2.45, 2.75) is 6.61 Å². The lowest BCUT2D eigenvalue weighted by atomic mass is 10.2. The largest absolute Gasteiger partial charge is 0.485 e. The highest BCUT2D eigenvalue weighted by molar-refractivity contribution is 5.95. The van der Waals surface area contributed by atoms with E-state index in [0.29, 0.717) is 22.9 Å². The molecule has 0 unspecified atom stereocenters. The molecule has 0 saturated heterocycles. The standard InChI is InChI=1S/C14H11N3O4/c15-13(18)9-4-1-2-5-10(9)20-8-12-16-14(21-17-12)11-6-3-7-19-11/h1-7H,8H2,(H2,15,18). The van der Waals surface area contributed by atoms with Crippen LogP contribution in [0.1, 0.15) is 16.2 Å². The Morgan fingerprint density at radius 2 is 2.10 bits per heavy atom. The molecule has 7 nitrogen and oxygen atoms in total. The number of aromatic nitrogens is 2. The summed E-state index contributed by atoms with van der Waals surface area (Å²) >= 11 is 0. The van der Waals surface area contributed by atoms with Crippen molar-refractivity contribution >= 4 is 5.91 Å². The summed E-state index contributed by atoms with van der Waals surface area (Å²) in [6.07, 6.45) is 1.51. The molecule has 1 amide bonds. The highest BCUT2D eigenvalue weighted by atomic mass is 16.5. The van der Waals surface area contributed by atoms with Gasteiger partial charge in [-0.05, 0) is 24.3 Å². The van der Waals surface area contributed by atoms with E-state index in [9.17, 15) is 4.79 Å². The molecule has 3 aromatic rings. The summed E-state index contributed by atoms with van der Waals surface area (Å²) in [5.74, 6) is 0.887. The predicted octanol–water partition coefficient (Wildman–Crippen LogP) is 2.01. The van der Waals surface area contributed by atoms with Crippen LogP contribution in [0.4, 0.5) is 0 Å². The Labute approximate surface area is 119 Å². The van der Waals surface area contributed by atoms with Crippen LogP contribution in [0, 0.1) is 0 Å². The number of rotatable bonds is 5. The van der Waals surface area contributed by atoms with Crippen molar-refractivity contribution in [3.05, 3.63) is 54.0 Å². The van der Waals surface area contributed by atoms with E-state index in [1.807, 2.05) is 0 Å². The van der Waals surface area contributed by atoms with Gasteiger partial charge in [-0.1, -0.05) is 17.3 Å². The minimum absolute atomic E-state index is 0.0501. The number of hydrogen-bond acceptors (Lipinski definition) is 6. The summed E-state index contributed by atoms with van der Waals surface area (Å²) in [6, 6.07) is 10.1. The van der Waals surface area contributed by atoms with Crippen molar-refractivity contribution < 1.29 is 18.5 Å². The second-order valence-electron chi connectivity index (χ2n) is 4.14. The average Bonchev–Trinajstić information content (AvgIpc) is 3.16. The molecule has 0 spiro atoms. The Hall–Kier alpha value is -3.09. The van der Waals surface area contributed by atoms with Gasteiger partial charge in [0.1, 0.15) is 5.75 Å². The Kier molecular flexibility index (Phi) is 3.38. The van der Waals surface area contributed by atoms with Gasteiger partial charge in [-0.2, -0.15) is 4.98 Å². The fraction of sp³-hybridized carbons (Fsp3) is 0.0714. The Morgan fingerprint density at radius 1 is 1.24 bits per heavy atom. The average molecular weight is 285 g/mol. The second kappa shape index (κ2) is 5.49. The number of nitrogens with zero attached hydrogens (tertiary/aromatic N) is 2. The third-order valence-electron chi connectivity index (χ3n) is 2.71. The molecule has 106 valence electrons. The van der Waals surface area contributed by atoms with E-state index in [-0.39, 0.29) is 12.5 Å². The maximum absolute atomic E-state index is 11.3. The number of amides is 1. The highest BCUT2D eigenvalue weighted by Gasteiger charge is 2.13. The van der Waals surface area contributed by atoms with Gasteiger partial charge in [0.2, 0.25) is 5.82 Å². The van der Waals surface area contributed by atoms with Gasteiger partial charge in [-0.3, -0.25) is 4.79 Å². The molecule has 0 saturated carbocycles. The fourth-order valence-electron chi connectivity index (χ4n) is 1.75. The van der Waals surface area contributed by atoms with Gasteiger partial charge >= 0.3 is 0 Å². The Balaban J connectivity index is 1.73. The molecule has 0 atom stereocenters. The van der Waals surface area contributed by atoms with E-state index in [0.717, 1.165) is 0 Å². The molecule has 0 fully saturated rings. The van der Waals surface area contributed by atoms with Gasteiger partial charge in [0, 0.05) is 0 Å². The zero-order chi connectivity index (χ0) is 14.7. The molecule has 2 heterocycles. The van der Waals surface area contributed by atoms with E-state index < -0.39 is 5.91 Å². The van der Waals surface area contributed by atoms with E-state index in [1.54, 1.807) is 36.4 Å². The number of hydrogen-bond donors (Lipinski definition) is 1. The van der Waals surface area contributed by atoms with Crippen molar-refractivity contribution in [2.75, 3.05) is 0 Å². The second-order valence-corrected chi connectivity index (χ2v) is 4.14. The van der Waals surface area contributed by atoms with Crippen LogP contribution >= 0.6 is 0 Å². The smallest absolute Gasteiger partial charge is 0.293 e. The first-order chi connectivity index (χ1) is 10.2. The molecular formula is C14H11N3O4. The van der Waals surface area contributed by atoms with Crippen molar-refractivity contribution in [1.82, 2.24) is 10.1 Å². The minimum Gasteiger partial charge on any atom is -0.485 e. The van der Waals surface area contributed by atoms with Crippen LogP contribution < -0.4 is 10.5 Å². The normalized spacial score (nSPS) is 10.5. The van der Waals surface area contributed by atoms with Gasteiger partial charge in [0.15, 0.2) is 12.4 Å². The van der Waals surface area contributed by atoms with Crippen LogP contribution in [0.2, 0.25) is 0 Å². The van der Waals surface area contributed by atoms with Gasteiger partial charge in [-0.25, -0.2) is 0 Å². The molecule has 2 aromatic heterocycles. The van der Waals surface area contributed by atoms with E-state index >= 15 is 0 Å². The molecule has 2 N–H and O–H groups in total. The molecule has 0 aliphatic carbocycles. The number of para-hydroxylation sites is 1. The van der Waals surface area contributed by atoms with Crippen molar-refractivity contribution in [1.29, 1.82) is 0 Å². The number of primary amides is 1. The molecule has 0 radical (unpaired) electrons. The zero-order valence-electron chi connectivity index (χ0n) is 10.9. The van der Waals surface area contributed by atoms with Crippen LogP contribution in [-0.4, -0.2) is 16.0 Å². The topological polar surface area (TPSA) is 104 Å². The first-order valence-electron chi connectivity index (χ1n) is 6.12. The van der Waals surface area contributed by atoms with Crippen LogP contribution in [0.15, 0.2) is 51.6 Å². The quantitative estimate of drug-likeness (QED) is 0.768. The third-order valence-corrected chi connectivity index (χ3v) is 2.71. The number of ether oxygens (including phenoxy) is 1. The SMILES string of the molecule is NC(=O)c1ccccc1OCc1noc(-c2ccco2)n1. The van der Waals surface area contributed by atoms with Crippen molar-refractivity contribution in [3.63, 3.8) is 0 Å². The predicted molar refractivity (Wildman–Crippen MR) is 71.3 cm³/mol. The summed E-state index contributed by atoms with van der Waals surface area (Å²) in [5, 5.41) is 3.77. The molecular weight excluding hydrogens is 274 g/mol. The summed E-state index contributed by atoms with van der Waals surface area (Å²) in [7, 11) is 0. The summed E-state index contributed by atoms with van der Waals surface area (Å²) in [4.78, 5) is 15.4. The van der Waals surface area contributed by atoms with E-state index in [2.05, 4.69) is 10.1 Å². The van der Waals surface area contributed by atoms with Gasteiger partial charge in [0.25, 0.3) is 11.8 Å². The molecule has 0 aliphatic heterocycles. The number of carbonyl (C=O) groups is 1. The lowest BCUT2D eigenvalue weighted by Gasteiger charge is -2.06. The maximum Gasteiger partial charge on any atom is 0.293 e. The summed E-state index contributed by atoms with van der Waals surface area (Å²) < 4.78 is 15.7. The minimum atomic E-state index is -0.560. The highest BCUT2D eigenvalue weighted by Crippen LogP contribution is 2.20. The molecule has 3 rings (SSSR count). The number of nitrogens with two attached hydrogens (primary N) is 1. The molecule has 21 heavy (non-hydrogen) atoms. The Morgan fingerprint density at radius 3 is 2.86 bits per heavy atom. The summed E-state index contributed by atoms with van der Waals surface area (Å²) in [5.41, 5.74) is 5.57. The monoisotopic (exact) mass is 285 g/mol. The summed E-state index contributed by atoms with van der Waals surface area (Å²) in [6.45, 7) is 0.0501. The number of furan rings is 1.